The average Bonchev–Trinajstić information content (AvgIpc) is 2.45. The Kier molecular flexibility index (Phi) is 4.24. The standard InChI is InChI=1S/C13H8F3N3O3S/c1-3-4-18(2)12-17-11(20)8-5-7(13(14,15)16)6-9(19(21)22)10(8)23-12/h1,5-6H,4H2,2H3. The number of halogens is 3. The van der Waals surface area contributed by atoms with Crippen molar-refractivity contribution in [2.75, 3.05) is 18.5 Å². The number of nitro groups is 1. The van der Waals surface area contributed by atoms with Crippen LogP contribution in [0.4, 0.5) is 24.0 Å². The smallest absolute Gasteiger partial charge is 0.340 e. The van der Waals surface area contributed by atoms with Crippen molar-refractivity contribution in [3.05, 3.63) is 38.2 Å². The first-order valence-electron chi connectivity index (χ1n) is 6.00. The normalized spacial score (nSPS) is 11.3. The number of hydrogen-bond donors (Lipinski definition) is 0. The maximum Gasteiger partial charge on any atom is 0.416 e. The van der Waals surface area contributed by atoms with Crippen molar-refractivity contribution in [1.82, 2.24) is 4.98 Å². The summed E-state index contributed by atoms with van der Waals surface area (Å²) < 4.78 is 38.3. The summed E-state index contributed by atoms with van der Waals surface area (Å²) in [7, 11) is 1.51. The zero-order chi connectivity index (χ0) is 17.4. The van der Waals surface area contributed by atoms with Crippen LogP contribution in [0.2, 0.25) is 0 Å². The molecular formula is C13H8F3N3O3S. The second-order valence-corrected chi connectivity index (χ2v) is 5.47. The number of aromatic nitrogens is 1. The van der Waals surface area contributed by atoms with E-state index in [1.165, 1.54) is 11.9 Å². The summed E-state index contributed by atoms with van der Waals surface area (Å²) in [6.07, 6.45) is 0.327. The van der Waals surface area contributed by atoms with Gasteiger partial charge in [0.15, 0.2) is 5.13 Å². The van der Waals surface area contributed by atoms with Crippen molar-refractivity contribution in [2.45, 2.75) is 6.18 Å². The minimum atomic E-state index is -4.81. The van der Waals surface area contributed by atoms with Gasteiger partial charge in [0.2, 0.25) is 0 Å². The zero-order valence-corrected chi connectivity index (χ0v) is 12.4. The quantitative estimate of drug-likeness (QED) is 0.486. The van der Waals surface area contributed by atoms with Crippen LogP contribution in [0.5, 0.6) is 0 Å². The Morgan fingerprint density at radius 3 is 2.65 bits per heavy atom. The Bertz CT molecular complexity index is 886. The maximum absolute atomic E-state index is 12.8. The first-order valence-corrected chi connectivity index (χ1v) is 6.82. The van der Waals surface area contributed by atoms with Crippen LogP contribution < -0.4 is 10.5 Å². The lowest BCUT2D eigenvalue weighted by atomic mass is 10.1. The molecule has 0 radical (unpaired) electrons. The molecule has 0 N–H and O–H groups in total. The summed E-state index contributed by atoms with van der Waals surface area (Å²) >= 11 is 0.734. The van der Waals surface area contributed by atoms with E-state index in [0.717, 1.165) is 11.3 Å². The minimum Gasteiger partial charge on any atom is -0.340 e. The third kappa shape index (κ3) is 3.24. The fraction of sp³-hybridized carbons (Fsp3) is 0.231. The van der Waals surface area contributed by atoms with Gasteiger partial charge in [-0.25, -0.2) is 0 Å². The highest BCUT2D eigenvalue weighted by Gasteiger charge is 2.34. The summed E-state index contributed by atoms with van der Waals surface area (Å²) in [6, 6.07) is 0.975. The largest absolute Gasteiger partial charge is 0.416 e. The van der Waals surface area contributed by atoms with Gasteiger partial charge >= 0.3 is 6.18 Å². The second kappa shape index (κ2) is 5.85. The van der Waals surface area contributed by atoms with Gasteiger partial charge < -0.3 is 4.90 Å². The second-order valence-electron chi connectivity index (χ2n) is 4.49. The van der Waals surface area contributed by atoms with Gasteiger partial charge in [-0.1, -0.05) is 17.3 Å². The summed E-state index contributed by atoms with van der Waals surface area (Å²) in [6.45, 7) is 0.0862. The number of non-ortho nitro benzene ring substituents is 1. The molecule has 1 aromatic carbocycles. The molecule has 0 saturated heterocycles. The average molecular weight is 343 g/mol. The molecule has 23 heavy (non-hydrogen) atoms. The van der Waals surface area contributed by atoms with E-state index in [0.29, 0.717) is 12.1 Å². The highest BCUT2D eigenvalue weighted by atomic mass is 32.1. The van der Waals surface area contributed by atoms with Gasteiger partial charge in [-0.3, -0.25) is 14.9 Å². The summed E-state index contributed by atoms with van der Waals surface area (Å²) in [5, 5.41) is 10.7. The SMILES string of the molecule is C#CCN(C)c1nc(=O)c2cc(C(F)(F)F)cc([N+](=O)[O-])c2s1. The Balaban J connectivity index is 2.83. The first kappa shape index (κ1) is 16.7. The number of terminal acetylenes is 1. The summed E-state index contributed by atoms with van der Waals surface area (Å²) in [5.41, 5.74) is -3.05. The van der Waals surface area contributed by atoms with E-state index in [1.807, 2.05) is 0 Å². The highest BCUT2D eigenvalue weighted by Crippen LogP contribution is 2.38. The third-order valence-corrected chi connectivity index (χ3v) is 4.09. The van der Waals surface area contributed by atoms with Crippen molar-refractivity contribution in [2.24, 2.45) is 0 Å². The van der Waals surface area contributed by atoms with E-state index in [2.05, 4.69) is 10.9 Å². The fourth-order valence-electron chi connectivity index (χ4n) is 1.81. The van der Waals surface area contributed by atoms with E-state index in [4.69, 9.17) is 6.42 Å². The van der Waals surface area contributed by atoms with E-state index in [9.17, 15) is 28.1 Å². The van der Waals surface area contributed by atoms with Crippen LogP contribution in [0.15, 0.2) is 16.9 Å². The van der Waals surface area contributed by atoms with Crippen molar-refractivity contribution < 1.29 is 18.1 Å². The number of nitrogens with zero attached hydrogens (tertiary/aromatic N) is 3. The molecule has 1 heterocycles. The molecule has 0 saturated carbocycles. The fourth-order valence-corrected chi connectivity index (χ4v) is 2.83. The number of rotatable bonds is 3. The van der Waals surface area contributed by atoms with Gasteiger partial charge in [0, 0.05) is 13.1 Å². The van der Waals surface area contributed by atoms with Gasteiger partial charge in [0.05, 0.1) is 22.4 Å². The molecule has 0 bridgehead atoms. The van der Waals surface area contributed by atoms with Crippen LogP contribution in [0.3, 0.4) is 0 Å². The molecular weight excluding hydrogens is 335 g/mol. The van der Waals surface area contributed by atoms with Crippen molar-refractivity contribution in [1.29, 1.82) is 0 Å². The maximum atomic E-state index is 12.8. The molecule has 0 unspecified atom stereocenters. The Labute approximate surface area is 131 Å². The van der Waals surface area contributed by atoms with Crippen LogP contribution in [-0.2, 0) is 6.18 Å². The van der Waals surface area contributed by atoms with Crippen molar-refractivity contribution in [3.8, 4) is 12.3 Å². The van der Waals surface area contributed by atoms with Crippen LogP contribution in [-0.4, -0.2) is 23.5 Å². The molecule has 120 valence electrons. The Morgan fingerprint density at radius 2 is 2.13 bits per heavy atom. The van der Waals surface area contributed by atoms with Gasteiger partial charge in [0.1, 0.15) is 4.70 Å². The van der Waals surface area contributed by atoms with Crippen LogP contribution >= 0.6 is 11.3 Å². The topological polar surface area (TPSA) is 76.3 Å². The molecule has 2 rings (SSSR count). The number of alkyl halides is 3. The van der Waals surface area contributed by atoms with Crippen molar-refractivity contribution in [3.63, 3.8) is 0 Å². The van der Waals surface area contributed by atoms with Gasteiger partial charge in [0.25, 0.3) is 11.2 Å². The molecule has 0 aliphatic rings. The lowest BCUT2D eigenvalue weighted by Crippen LogP contribution is -2.21. The Hall–Kier alpha value is -2.67. The van der Waals surface area contributed by atoms with Gasteiger partial charge in [-0.15, -0.1) is 6.42 Å². The minimum absolute atomic E-state index is 0.0862. The van der Waals surface area contributed by atoms with Gasteiger partial charge in [-0.05, 0) is 6.07 Å². The van der Waals surface area contributed by atoms with E-state index in [-0.39, 0.29) is 16.4 Å². The van der Waals surface area contributed by atoms with Crippen molar-refractivity contribution >= 4 is 32.2 Å². The zero-order valence-electron chi connectivity index (χ0n) is 11.5. The molecule has 0 aliphatic carbocycles. The summed E-state index contributed by atoms with van der Waals surface area (Å²) in [5.74, 6) is 2.31. The predicted octanol–water partition coefficient (Wildman–Crippen LogP) is 2.65. The van der Waals surface area contributed by atoms with Gasteiger partial charge in [-0.2, -0.15) is 18.2 Å². The van der Waals surface area contributed by atoms with Crippen LogP contribution in [0.25, 0.3) is 10.1 Å². The number of anilines is 1. The molecule has 0 atom stereocenters. The molecule has 10 heteroatoms. The highest BCUT2D eigenvalue weighted by molar-refractivity contribution is 7.22. The first-order chi connectivity index (χ1) is 10.6. The molecule has 0 aliphatic heterocycles. The molecule has 1 aromatic heterocycles. The molecule has 0 amide bonds. The van der Waals surface area contributed by atoms with E-state index < -0.39 is 33.3 Å². The monoisotopic (exact) mass is 343 g/mol. The predicted molar refractivity (Wildman–Crippen MR) is 79.6 cm³/mol. The lowest BCUT2D eigenvalue weighted by Gasteiger charge is -2.14. The molecule has 0 fully saturated rings. The number of fused-ring (bicyclic) bond motifs is 1. The third-order valence-electron chi connectivity index (χ3n) is 2.87. The number of nitro benzene ring substituents is 1. The van der Waals surface area contributed by atoms with E-state index in [1.54, 1.807) is 0 Å². The lowest BCUT2D eigenvalue weighted by molar-refractivity contribution is -0.383. The molecule has 2 aromatic rings. The van der Waals surface area contributed by atoms with Crippen LogP contribution in [0.1, 0.15) is 5.56 Å². The molecule has 0 spiro atoms. The number of hydrogen-bond acceptors (Lipinski definition) is 6. The molecule has 6 nitrogen and oxygen atoms in total. The van der Waals surface area contributed by atoms with E-state index >= 15 is 0 Å². The number of benzene rings is 1. The summed E-state index contributed by atoms with van der Waals surface area (Å²) in [4.78, 5) is 27.2. The Morgan fingerprint density at radius 1 is 1.48 bits per heavy atom. The van der Waals surface area contributed by atoms with Crippen LogP contribution in [0, 0.1) is 22.5 Å².